The maximum Gasteiger partial charge on any atom is 0.412 e. The van der Waals surface area contributed by atoms with E-state index < -0.39 is 6.09 Å². The lowest BCUT2D eigenvalue weighted by Gasteiger charge is -2.32. The van der Waals surface area contributed by atoms with Gasteiger partial charge in [-0.3, -0.25) is 5.32 Å². The molecule has 1 aliphatic heterocycles. The number of aliphatic hydroxyl groups excluding tert-OH is 1. The standard InChI is InChI=1S/C22H28N2O4/c1-2-14-27-21-15-18(24-12-10-19(25)11-13-24)8-9-20(21)23-22(26)28-16-17-6-4-3-5-7-17/h3-9,15,19,25H,2,10-14,16H2,1H3,(H,23,26). The molecule has 6 nitrogen and oxygen atoms in total. The van der Waals surface area contributed by atoms with Gasteiger partial charge in [0.1, 0.15) is 12.4 Å². The number of rotatable bonds is 7. The summed E-state index contributed by atoms with van der Waals surface area (Å²) in [5, 5.41) is 12.5. The van der Waals surface area contributed by atoms with Crippen molar-refractivity contribution in [2.24, 2.45) is 0 Å². The summed E-state index contributed by atoms with van der Waals surface area (Å²) in [6.45, 7) is 4.43. The molecule has 150 valence electrons. The Morgan fingerprint density at radius 3 is 2.64 bits per heavy atom. The zero-order valence-electron chi connectivity index (χ0n) is 16.3. The molecular formula is C22H28N2O4. The van der Waals surface area contributed by atoms with Crippen LogP contribution in [0.15, 0.2) is 48.5 Å². The van der Waals surface area contributed by atoms with Crippen LogP contribution >= 0.6 is 0 Å². The zero-order valence-corrected chi connectivity index (χ0v) is 16.3. The quantitative estimate of drug-likeness (QED) is 0.749. The summed E-state index contributed by atoms with van der Waals surface area (Å²) in [6, 6.07) is 15.3. The van der Waals surface area contributed by atoms with E-state index in [0.29, 0.717) is 18.0 Å². The molecule has 2 aromatic rings. The van der Waals surface area contributed by atoms with E-state index in [1.807, 2.05) is 55.5 Å². The molecule has 2 N–H and O–H groups in total. The Balaban J connectivity index is 1.65. The molecule has 6 heteroatoms. The van der Waals surface area contributed by atoms with Crippen molar-refractivity contribution in [3.63, 3.8) is 0 Å². The fraction of sp³-hybridized carbons (Fsp3) is 0.409. The van der Waals surface area contributed by atoms with Crippen LogP contribution in [-0.2, 0) is 11.3 Å². The van der Waals surface area contributed by atoms with E-state index >= 15 is 0 Å². The van der Waals surface area contributed by atoms with E-state index in [1.165, 1.54) is 0 Å². The van der Waals surface area contributed by atoms with Crippen LogP contribution < -0.4 is 15.0 Å². The fourth-order valence-electron chi connectivity index (χ4n) is 3.14. The van der Waals surface area contributed by atoms with Gasteiger partial charge >= 0.3 is 6.09 Å². The summed E-state index contributed by atoms with van der Waals surface area (Å²) in [5.74, 6) is 0.627. The number of nitrogens with one attached hydrogen (secondary N) is 1. The minimum atomic E-state index is -0.515. The molecule has 1 fully saturated rings. The summed E-state index contributed by atoms with van der Waals surface area (Å²) in [7, 11) is 0. The van der Waals surface area contributed by atoms with Gasteiger partial charge in [0.15, 0.2) is 0 Å². The predicted octanol–water partition coefficient (Wildman–Crippen LogP) is 4.19. The van der Waals surface area contributed by atoms with Gasteiger partial charge in [-0.25, -0.2) is 4.79 Å². The first-order valence-corrected chi connectivity index (χ1v) is 9.83. The van der Waals surface area contributed by atoms with Crippen LogP contribution in [0.25, 0.3) is 0 Å². The van der Waals surface area contributed by atoms with Crippen LogP contribution in [0.2, 0.25) is 0 Å². The van der Waals surface area contributed by atoms with Gasteiger partial charge in [-0.1, -0.05) is 37.3 Å². The van der Waals surface area contributed by atoms with E-state index in [9.17, 15) is 9.90 Å². The number of nitrogens with zero attached hydrogens (tertiary/aromatic N) is 1. The second-order valence-corrected chi connectivity index (χ2v) is 6.93. The van der Waals surface area contributed by atoms with Crippen molar-refractivity contribution < 1.29 is 19.4 Å². The number of ether oxygens (including phenoxy) is 2. The first-order valence-electron chi connectivity index (χ1n) is 9.83. The van der Waals surface area contributed by atoms with E-state index in [-0.39, 0.29) is 12.7 Å². The van der Waals surface area contributed by atoms with Crippen molar-refractivity contribution in [1.82, 2.24) is 0 Å². The first-order chi connectivity index (χ1) is 13.7. The molecule has 0 spiro atoms. The number of hydrogen-bond acceptors (Lipinski definition) is 5. The second-order valence-electron chi connectivity index (χ2n) is 6.93. The van der Waals surface area contributed by atoms with Gasteiger partial charge in [0.2, 0.25) is 0 Å². The molecule has 2 aromatic carbocycles. The van der Waals surface area contributed by atoms with E-state index in [2.05, 4.69) is 10.2 Å². The van der Waals surface area contributed by atoms with Crippen LogP contribution in [0, 0.1) is 0 Å². The van der Waals surface area contributed by atoms with Crippen LogP contribution in [0.3, 0.4) is 0 Å². The van der Waals surface area contributed by atoms with Gasteiger partial charge in [0.05, 0.1) is 18.4 Å². The predicted molar refractivity (Wildman–Crippen MR) is 110 cm³/mol. The smallest absolute Gasteiger partial charge is 0.412 e. The largest absolute Gasteiger partial charge is 0.491 e. The van der Waals surface area contributed by atoms with Gasteiger partial charge in [-0.2, -0.15) is 0 Å². The van der Waals surface area contributed by atoms with Crippen LogP contribution in [0.4, 0.5) is 16.2 Å². The highest BCUT2D eigenvalue weighted by molar-refractivity contribution is 5.87. The van der Waals surface area contributed by atoms with Crippen molar-refractivity contribution >= 4 is 17.5 Å². The lowest BCUT2D eigenvalue weighted by atomic mass is 10.1. The number of amides is 1. The van der Waals surface area contributed by atoms with Crippen LogP contribution in [0.5, 0.6) is 5.75 Å². The Morgan fingerprint density at radius 1 is 1.18 bits per heavy atom. The molecule has 1 heterocycles. The molecule has 0 atom stereocenters. The number of carbonyl (C=O) groups is 1. The van der Waals surface area contributed by atoms with E-state index in [1.54, 1.807) is 0 Å². The lowest BCUT2D eigenvalue weighted by molar-refractivity contribution is 0.145. The molecular weight excluding hydrogens is 356 g/mol. The number of benzene rings is 2. The number of piperidine rings is 1. The highest BCUT2D eigenvalue weighted by Crippen LogP contribution is 2.32. The normalized spacial score (nSPS) is 14.6. The Labute approximate surface area is 166 Å². The minimum Gasteiger partial charge on any atom is -0.491 e. The SMILES string of the molecule is CCCOc1cc(N2CCC(O)CC2)ccc1NC(=O)OCc1ccccc1. The highest BCUT2D eigenvalue weighted by atomic mass is 16.5. The molecule has 1 saturated heterocycles. The van der Waals surface area contributed by atoms with Gasteiger partial charge in [-0.05, 0) is 37.0 Å². The second kappa shape index (κ2) is 9.99. The van der Waals surface area contributed by atoms with Crippen molar-refractivity contribution in [2.45, 2.75) is 38.9 Å². The van der Waals surface area contributed by atoms with Gasteiger partial charge in [0.25, 0.3) is 0 Å². The molecule has 0 saturated carbocycles. The minimum absolute atomic E-state index is 0.214. The van der Waals surface area contributed by atoms with E-state index in [4.69, 9.17) is 9.47 Å². The maximum absolute atomic E-state index is 12.2. The van der Waals surface area contributed by atoms with Crippen molar-refractivity contribution in [2.75, 3.05) is 29.9 Å². The van der Waals surface area contributed by atoms with Crippen molar-refractivity contribution in [3.05, 3.63) is 54.1 Å². The third-order valence-electron chi connectivity index (χ3n) is 4.71. The molecule has 1 amide bonds. The van der Waals surface area contributed by atoms with Crippen molar-refractivity contribution in [1.29, 1.82) is 0 Å². The molecule has 1 aliphatic rings. The topological polar surface area (TPSA) is 71.0 Å². The highest BCUT2D eigenvalue weighted by Gasteiger charge is 2.19. The third kappa shape index (κ3) is 5.63. The average Bonchev–Trinajstić information content (AvgIpc) is 2.73. The fourth-order valence-corrected chi connectivity index (χ4v) is 3.14. The van der Waals surface area contributed by atoms with Crippen LogP contribution in [0.1, 0.15) is 31.7 Å². The van der Waals surface area contributed by atoms with E-state index in [0.717, 1.165) is 43.6 Å². The van der Waals surface area contributed by atoms with Crippen molar-refractivity contribution in [3.8, 4) is 5.75 Å². The van der Waals surface area contributed by atoms with Gasteiger partial charge in [-0.15, -0.1) is 0 Å². The Hall–Kier alpha value is -2.73. The molecule has 0 unspecified atom stereocenters. The summed E-state index contributed by atoms with van der Waals surface area (Å²) in [5.41, 5.74) is 2.55. The average molecular weight is 384 g/mol. The summed E-state index contributed by atoms with van der Waals surface area (Å²) < 4.78 is 11.2. The number of hydrogen-bond donors (Lipinski definition) is 2. The molecule has 3 rings (SSSR count). The lowest BCUT2D eigenvalue weighted by Crippen LogP contribution is -2.35. The molecule has 28 heavy (non-hydrogen) atoms. The Morgan fingerprint density at radius 2 is 1.93 bits per heavy atom. The monoisotopic (exact) mass is 384 g/mol. The zero-order chi connectivity index (χ0) is 19.8. The molecule has 0 radical (unpaired) electrons. The van der Waals surface area contributed by atoms with Gasteiger partial charge < -0.3 is 19.5 Å². The summed E-state index contributed by atoms with van der Waals surface area (Å²) in [4.78, 5) is 14.4. The Kier molecular flexibility index (Phi) is 7.14. The number of carbonyl (C=O) groups excluding carboxylic acids is 1. The number of anilines is 2. The van der Waals surface area contributed by atoms with Gasteiger partial charge in [0, 0.05) is 24.8 Å². The third-order valence-corrected chi connectivity index (χ3v) is 4.71. The first kappa shape index (κ1) is 20.0. The molecule has 0 aliphatic carbocycles. The Bertz CT molecular complexity index is 758. The number of aliphatic hydroxyl groups is 1. The maximum atomic E-state index is 12.2. The molecule has 0 aromatic heterocycles. The summed E-state index contributed by atoms with van der Waals surface area (Å²) in [6.07, 6.45) is 1.66. The molecule has 0 bridgehead atoms. The summed E-state index contributed by atoms with van der Waals surface area (Å²) >= 11 is 0. The van der Waals surface area contributed by atoms with Crippen LogP contribution in [-0.4, -0.2) is 37.0 Å².